The molecule has 0 radical (unpaired) electrons. The van der Waals surface area contributed by atoms with E-state index in [2.05, 4.69) is 111 Å². The minimum absolute atomic E-state index is 1.21. The summed E-state index contributed by atoms with van der Waals surface area (Å²) >= 11 is 0. The molecule has 0 saturated carbocycles. The molecule has 0 heterocycles. The van der Waals surface area contributed by atoms with Crippen LogP contribution in [0.25, 0.3) is 0 Å². The molecule has 0 nitrogen and oxygen atoms in total. The Balaban J connectivity index is 1.87. The maximum Gasteiger partial charge on any atom is 0.0849 e. The maximum atomic E-state index is 2.50. The van der Waals surface area contributed by atoms with Crippen LogP contribution >= 0.6 is 0 Å². The summed E-state index contributed by atoms with van der Waals surface area (Å²) in [4.78, 5) is 0. The van der Waals surface area contributed by atoms with E-state index in [4.69, 9.17) is 0 Å². The van der Waals surface area contributed by atoms with Crippen LogP contribution in [-0.4, -0.2) is 16.1 Å². The van der Waals surface area contributed by atoms with Gasteiger partial charge in [0.2, 0.25) is 0 Å². The van der Waals surface area contributed by atoms with Gasteiger partial charge in [0, 0.05) is 0 Å². The fraction of sp³-hybridized carbons (Fsp3) is 0.250. The molecule has 134 valence electrons. The molecule has 0 saturated heterocycles. The zero-order chi connectivity index (χ0) is 18.6. The van der Waals surface area contributed by atoms with Crippen molar-refractivity contribution in [2.45, 2.75) is 38.3 Å². The van der Waals surface area contributed by atoms with Gasteiger partial charge in [-0.2, -0.15) is 0 Å². The van der Waals surface area contributed by atoms with E-state index < -0.39 is 16.1 Å². The maximum absolute atomic E-state index is 2.50. The molecular formula is C24H30Si2. The zero-order valence-electron chi connectivity index (χ0n) is 16.5. The molecular weight excluding hydrogens is 344 g/mol. The molecule has 0 fully saturated rings. The highest BCUT2D eigenvalue weighted by Crippen LogP contribution is 2.21. The Hall–Kier alpha value is -1.91. The molecule has 0 aliphatic carbocycles. The standard InChI is InChI=1S/C24H30Si2/c1-25(2,23-15-7-5-8-16-23)19-21-13-11-12-14-22(21)20-26(3,4)24-17-9-6-10-18-24/h5-18H,19-20H2,1-4H3. The first-order valence-corrected chi connectivity index (χ1v) is 16.0. The van der Waals surface area contributed by atoms with Gasteiger partial charge in [-0.25, -0.2) is 0 Å². The normalized spacial score (nSPS) is 12.2. The van der Waals surface area contributed by atoms with Crippen molar-refractivity contribution in [3.05, 3.63) is 96.1 Å². The predicted molar refractivity (Wildman–Crippen MR) is 121 cm³/mol. The average molecular weight is 375 g/mol. The highest BCUT2D eigenvalue weighted by molar-refractivity contribution is 6.90. The van der Waals surface area contributed by atoms with E-state index in [1.165, 1.54) is 12.1 Å². The van der Waals surface area contributed by atoms with Gasteiger partial charge >= 0.3 is 0 Å². The Kier molecular flexibility index (Phi) is 5.64. The second-order valence-corrected chi connectivity index (χ2v) is 18.0. The quantitative estimate of drug-likeness (QED) is 0.528. The van der Waals surface area contributed by atoms with Crippen LogP contribution in [0, 0.1) is 0 Å². The number of benzene rings is 3. The van der Waals surface area contributed by atoms with Gasteiger partial charge in [-0.1, -0.05) is 121 Å². The minimum Gasteiger partial charge on any atom is -0.0652 e. The monoisotopic (exact) mass is 374 g/mol. The smallest absolute Gasteiger partial charge is 0.0652 e. The Labute approximate surface area is 160 Å². The fourth-order valence-corrected chi connectivity index (χ4v) is 9.03. The Morgan fingerprint density at radius 2 is 0.769 bits per heavy atom. The van der Waals surface area contributed by atoms with Gasteiger partial charge in [-0.3, -0.25) is 0 Å². The first-order valence-electron chi connectivity index (χ1n) is 9.56. The molecule has 0 atom stereocenters. The molecule has 0 aliphatic rings. The van der Waals surface area contributed by atoms with E-state index in [-0.39, 0.29) is 0 Å². The van der Waals surface area contributed by atoms with Crippen molar-refractivity contribution in [1.82, 2.24) is 0 Å². The Morgan fingerprint density at radius 3 is 1.12 bits per heavy atom. The van der Waals surface area contributed by atoms with E-state index in [9.17, 15) is 0 Å². The lowest BCUT2D eigenvalue weighted by Gasteiger charge is -2.28. The molecule has 0 N–H and O–H groups in total. The average Bonchev–Trinajstić information content (AvgIpc) is 2.64. The van der Waals surface area contributed by atoms with E-state index in [1.807, 2.05) is 0 Å². The van der Waals surface area contributed by atoms with Crippen molar-refractivity contribution in [1.29, 1.82) is 0 Å². The van der Waals surface area contributed by atoms with Crippen molar-refractivity contribution < 1.29 is 0 Å². The van der Waals surface area contributed by atoms with Crippen LogP contribution in [-0.2, 0) is 12.1 Å². The van der Waals surface area contributed by atoms with Gasteiger partial charge in [0.15, 0.2) is 0 Å². The first-order chi connectivity index (χ1) is 12.4. The summed E-state index contributed by atoms with van der Waals surface area (Å²) in [7, 11) is -2.98. The Morgan fingerprint density at radius 1 is 0.462 bits per heavy atom. The van der Waals surface area contributed by atoms with Gasteiger partial charge < -0.3 is 0 Å². The van der Waals surface area contributed by atoms with Crippen LogP contribution in [0.4, 0.5) is 0 Å². The van der Waals surface area contributed by atoms with Crippen LogP contribution in [0.2, 0.25) is 26.2 Å². The lowest BCUT2D eigenvalue weighted by atomic mass is 10.1. The largest absolute Gasteiger partial charge is 0.0849 e. The summed E-state index contributed by atoms with van der Waals surface area (Å²) in [5.74, 6) is 0. The lowest BCUT2D eigenvalue weighted by molar-refractivity contribution is 1.20. The van der Waals surface area contributed by atoms with E-state index in [1.54, 1.807) is 21.5 Å². The summed E-state index contributed by atoms with van der Waals surface area (Å²) in [6.07, 6.45) is 0. The Bertz CT molecular complexity index is 764. The second kappa shape index (κ2) is 7.77. The third-order valence-corrected chi connectivity index (χ3v) is 11.8. The van der Waals surface area contributed by atoms with Crippen molar-refractivity contribution in [3.63, 3.8) is 0 Å². The number of hydrogen-bond donors (Lipinski definition) is 0. The molecule has 0 aliphatic heterocycles. The molecule has 3 rings (SSSR count). The number of hydrogen-bond acceptors (Lipinski definition) is 0. The molecule has 3 aromatic carbocycles. The SMILES string of the molecule is C[Si](C)(Cc1ccccc1C[Si](C)(C)c1ccccc1)c1ccccc1. The fourth-order valence-electron chi connectivity index (χ4n) is 3.84. The van der Waals surface area contributed by atoms with Crippen molar-refractivity contribution >= 4 is 26.5 Å². The van der Waals surface area contributed by atoms with Gasteiger partial charge in [0.05, 0.1) is 16.1 Å². The van der Waals surface area contributed by atoms with Crippen LogP contribution in [0.15, 0.2) is 84.9 Å². The van der Waals surface area contributed by atoms with E-state index >= 15 is 0 Å². The zero-order valence-corrected chi connectivity index (χ0v) is 18.5. The molecule has 0 amide bonds. The minimum atomic E-state index is -1.49. The van der Waals surface area contributed by atoms with Crippen molar-refractivity contribution in [3.8, 4) is 0 Å². The van der Waals surface area contributed by atoms with E-state index in [0.717, 1.165) is 0 Å². The predicted octanol–water partition coefficient (Wildman–Crippen LogP) is 5.08. The van der Waals surface area contributed by atoms with Crippen LogP contribution in [0.1, 0.15) is 11.1 Å². The summed E-state index contributed by atoms with van der Waals surface area (Å²) in [6, 6.07) is 33.8. The number of rotatable bonds is 6. The van der Waals surface area contributed by atoms with Crippen LogP contribution < -0.4 is 10.4 Å². The topological polar surface area (TPSA) is 0 Å². The first kappa shape index (κ1) is 18.9. The van der Waals surface area contributed by atoms with Crippen LogP contribution in [0.5, 0.6) is 0 Å². The van der Waals surface area contributed by atoms with Crippen LogP contribution in [0.3, 0.4) is 0 Å². The molecule has 3 aromatic rings. The summed E-state index contributed by atoms with van der Waals surface area (Å²) in [5.41, 5.74) is 3.12. The van der Waals surface area contributed by atoms with Gasteiger partial charge in [0.25, 0.3) is 0 Å². The molecule has 0 bridgehead atoms. The van der Waals surface area contributed by atoms with Gasteiger partial charge in [-0.15, -0.1) is 0 Å². The van der Waals surface area contributed by atoms with Gasteiger partial charge in [-0.05, 0) is 23.2 Å². The molecule has 26 heavy (non-hydrogen) atoms. The molecule has 2 heteroatoms. The highest BCUT2D eigenvalue weighted by Gasteiger charge is 2.28. The molecule has 0 unspecified atom stereocenters. The van der Waals surface area contributed by atoms with Crippen molar-refractivity contribution in [2.75, 3.05) is 0 Å². The second-order valence-electron chi connectivity index (χ2n) is 8.62. The third kappa shape index (κ3) is 4.43. The van der Waals surface area contributed by atoms with Crippen molar-refractivity contribution in [2.24, 2.45) is 0 Å². The summed E-state index contributed by atoms with van der Waals surface area (Å²) in [5, 5.41) is 3.10. The molecule has 0 aromatic heterocycles. The summed E-state index contributed by atoms with van der Waals surface area (Å²) < 4.78 is 0. The van der Waals surface area contributed by atoms with E-state index in [0.29, 0.717) is 0 Å². The highest BCUT2D eigenvalue weighted by atomic mass is 28.3. The molecule has 0 spiro atoms. The third-order valence-electron chi connectivity index (χ3n) is 5.49. The van der Waals surface area contributed by atoms with Gasteiger partial charge in [0.1, 0.15) is 0 Å². The lowest BCUT2D eigenvalue weighted by Crippen LogP contribution is -2.46. The summed E-state index contributed by atoms with van der Waals surface area (Å²) in [6.45, 7) is 10.00.